The van der Waals surface area contributed by atoms with Gasteiger partial charge in [0.15, 0.2) is 0 Å². The van der Waals surface area contributed by atoms with Gasteiger partial charge in [-0.05, 0) is 0 Å². The highest BCUT2D eigenvalue weighted by molar-refractivity contribution is 5.76. The molecule has 0 unspecified atom stereocenters. The summed E-state index contributed by atoms with van der Waals surface area (Å²) in [6.07, 6.45) is 0. The van der Waals surface area contributed by atoms with Crippen molar-refractivity contribution in [1.29, 1.82) is 0 Å². The van der Waals surface area contributed by atoms with Gasteiger partial charge in [-0.25, -0.2) is 0 Å². The van der Waals surface area contributed by atoms with Gasteiger partial charge >= 0.3 is 0 Å². The second kappa shape index (κ2) is 14.4. The minimum absolute atomic E-state index is 0. The van der Waals surface area contributed by atoms with Gasteiger partial charge in [-0.15, -0.1) is 0 Å². The van der Waals surface area contributed by atoms with Crippen LogP contribution in [-0.4, -0.2) is 17.7 Å². The van der Waals surface area contributed by atoms with E-state index in [1.807, 2.05) is 0 Å². The average molecular weight is 278 g/mol. The summed E-state index contributed by atoms with van der Waals surface area (Å²) in [6.45, 7) is 10.6. The lowest BCUT2D eigenvalue weighted by molar-refractivity contribution is -0.121. The molecule has 0 radical (unpaired) electrons. The standard InChI is InChI=1S/3C4H9NO.H3N/c3*1-3(2)4(5)6;/h3*3H,1-2H3,(H2,5,6);1H3. The molecule has 0 heterocycles. The van der Waals surface area contributed by atoms with E-state index >= 15 is 0 Å². The predicted octanol–water partition coefficient (Wildman–Crippen LogP) is 0.545. The van der Waals surface area contributed by atoms with E-state index in [1.165, 1.54) is 0 Å². The van der Waals surface area contributed by atoms with Gasteiger partial charge < -0.3 is 23.4 Å². The zero-order valence-electron chi connectivity index (χ0n) is 12.9. The van der Waals surface area contributed by atoms with E-state index in [2.05, 4.69) is 0 Å². The van der Waals surface area contributed by atoms with E-state index in [0.717, 1.165) is 0 Å². The zero-order valence-corrected chi connectivity index (χ0v) is 12.9. The fourth-order valence-corrected chi connectivity index (χ4v) is 0. The lowest BCUT2D eigenvalue weighted by Gasteiger charge is -1.90. The van der Waals surface area contributed by atoms with E-state index in [4.69, 9.17) is 17.2 Å². The number of hydrogen-bond donors (Lipinski definition) is 4. The molecular weight excluding hydrogens is 248 g/mol. The van der Waals surface area contributed by atoms with E-state index in [0.29, 0.717) is 0 Å². The monoisotopic (exact) mass is 278 g/mol. The van der Waals surface area contributed by atoms with E-state index in [-0.39, 0.29) is 41.6 Å². The Morgan fingerprint density at radius 1 is 0.579 bits per heavy atom. The summed E-state index contributed by atoms with van der Waals surface area (Å²) in [5.41, 5.74) is 14.4. The fraction of sp³-hybridized carbons (Fsp3) is 0.750. The molecule has 0 spiro atoms. The number of hydrogen-bond acceptors (Lipinski definition) is 4. The third kappa shape index (κ3) is 31.4. The van der Waals surface area contributed by atoms with Crippen molar-refractivity contribution >= 4 is 17.7 Å². The SMILES string of the molecule is CC(C)C(N)=O.CC(C)C(N)=O.CC(C)C(N)=O.N. The summed E-state index contributed by atoms with van der Waals surface area (Å²) in [4.78, 5) is 29.8. The second-order valence-electron chi connectivity index (χ2n) is 4.67. The number of carbonyl (C=O) groups is 3. The Balaban J connectivity index is -0.0000000865. The van der Waals surface area contributed by atoms with Gasteiger partial charge in [0.2, 0.25) is 17.7 Å². The maximum Gasteiger partial charge on any atom is 0.219 e. The van der Waals surface area contributed by atoms with Crippen molar-refractivity contribution in [3.05, 3.63) is 0 Å². The molecule has 0 aliphatic carbocycles. The second-order valence-corrected chi connectivity index (χ2v) is 4.67. The van der Waals surface area contributed by atoms with E-state index in [9.17, 15) is 14.4 Å². The molecule has 19 heavy (non-hydrogen) atoms. The van der Waals surface area contributed by atoms with Crippen LogP contribution in [0.3, 0.4) is 0 Å². The first kappa shape index (κ1) is 26.0. The van der Waals surface area contributed by atoms with Crippen LogP contribution in [0.2, 0.25) is 0 Å². The van der Waals surface area contributed by atoms with Gasteiger partial charge in [0.25, 0.3) is 0 Å². The van der Waals surface area contributed by atoms with Gasteiger partial charge in [-0.3, -0.25) is 14.4 Å². The summed E-state index contributed by atoms with van der Waals surface area (Å²) in [6, 6.07) is 0. The molecule has 0 aliphatic heterocycles. The first-order valence-corrected chi connectivity index (χ1v) is 5.81. The molecule has 0 atom stereocenters. The van der Waals surface area contributed by atoms with Crippen LogP contribution < -0.4 is 23.4 Å². The average Bonchev–Trinajstić information content (AvgIpc) is 2.18. The van der Waals surface area contributed by atoms with Crippen molar-refractivity contribution in [2.75, 3.05) is 0 Å². The molecule has 0 fully saturated rings. The Kier molecular flexibility index (Phi) is 19.8. The molecule has 0 bridgehead atoms. The number of nitrogens with two attached hydrogens (primary N) is 3. The molecule has 0 saturated carbocycles. The number of primary amides is 3. The molecule has 0 aliphatic rings. The largest absolute Gasteiger partial charge is 0.369 e. The molecule has 7 nitrogen and oxygen atoms in total. The van der Waals surface area contributed by atoms with Gasteiger partial charge in [0.1, 0.15) is 0 Å². The van der Waals surface area contributed by atoms with Crippen molar-refractivity contribution in [2.45, 2.75) is 41.5 Å². The maximum absolute atomic E-state index is 9.92. The van der Waals surface area contributed by atoms with Crippen molar-refractivity contribution < 1.29 is 14.4 Å². The maximum atomic E-state index is 9.92. The summed E-state index contributed by atoms with van der Waals surface area (Å²) in [5, 5.41) is 0. The van der Waals surface area contributed by atoms with Crippen LogP contribution in [0.25, 0.3) is 0 Å². The smallest absolute Gasteiger partial charge is 0.219 e. The van der Waals surface area contributed by atoms with Crippen LogP contribution >= 0.6 is 0 Å². The first-order valence-electron chi connectivity index (χ1n) is 5.81. The van der Waals surface area contributed by atoms with Gasteiger partial charge in [0.05, 0.1) is 0 Å². The van der Waals surface area contributed by atoms with Gasteiger partial charge in [-0.2, -0.15) is 0 Å². The zero-order chi connectivity index (χ0) is 15.5. The minimum Gasteiger partial charge on any atom is -0.369 e. The molecule has 0 rings (SSSR count). The molecule has 0 aromatic carbocycles. The van der Waals surface area contributed by atoms with Crippen LogP contribution in [0.4, 0.5) is 0 Å². The fourth-order valence-electron chi connectivity index (χ4n) is 0. The Morgan fingerprint density at radius 3 is 0.632 bits per heavy atom. The summed E-state index contributed by atoms with van der Waals surface area (Å²) in [7, 11) is 0. The minimum atomic E-state index is -0.241. The predicted molar refractivity (Wildman–Crippen MR) is 77.1 cm³/mol. The number of amides is 3. The highest BCUT2D eigenvalue weighted by Gasteiger charge is 1.97. The first-order chi connectivity index (χ1) is 7.93. The molecule has 7 heteroatoms. The third-order valence-electron chi connectivity index (χ3n) is 1.71. The van der Waals surface area contributed by atoms with Crippen LogP contribution in [0.1, 0.15) is 41.5 Å². The quantitative estimate of drug-likeness (QED) is 0.592. The molecule has 116 valence electrons. The van der Waals surface area contributed by atoms with Crippen molar-refractivity contribution in [2.24, 2.45) is 35.0 Å². The number of rotatable bonds is 3. The summed E-state index contributed by atoms with van der Waals surface area (Å²) >= 11 is 0. The Bertz CT molecular complexity index is 221. The van der Waals surface area contributed by atoms with Crippen molar-refractivity contribution in [3.8, 4) is 0 Å². The Hall–Kier alpha value is -1.63. The summed E-state index contributed by atoms with van der Waals surface area (Å²) < 4.78 is 0. The van der Waals surface area contributed by atoms with Crippen molar-refractivity contribution in [1.82, 2.24) is 6.15 Å². The molecule has 3 amide bonds. The molecule has 9 N–H and O–H groups in total. The Labute approximate surface area is 115 Å². The van der Waals surface area contributed by atoms with Gasteiger partial charge in [0, 0.05) is 17.8 Å². The number of carbonyl (C=O) groups excluding carboxylic acids is 3. The highest BCUT2D eigenvalue weighted by atomic mass is 16.2. The molecule has 0 aromatic rings. The lowest BCUT2D eigenvalue weighted by atomic mass is 10.2. The molecular formula is C12H30N4O3. The van der Waals surface area contributed by atoms with Gasteiger partial charge in [-0.1, -0.05) is 41.5 Å². The topological polar surface area (TPSA) is 164 Å². The van der Waals surface area contributed by atoms with Crippen molar-refractivity contribution in [3.63, 3.8) is 0 Å². The highest BCUT2D eigenvalue weighted by Crippen LogP contribution is 1.85. The molecule has 0 aromatic heterocycles. The van der Waals surface area contributed by atoms with Crippen LogP contribution in [0.15, 0.2) is 0 Å². The Morgan fingerprint density at radius 2 is 0.632 bits per heavy atom. The summed E-state index contributed by atoms with van der Waals surface area (Å²) in [5.74, 6) is -0.750. The van der Waals surface area contributed by atoms with Crippen LogP contribution in [-0.2, 0) is 14.4 Å². The third-order valence-corrected chi connectivity index (χ3v) is 1.71. The normalized spacial score (nSPS) is 8.68. The van der Waals surface area contributed by atoms with E-state index < -0.39 is 0 Å². The molecule has 0 saturated heterocycles. The van der Waals surface area contributed by atoms with E-state index in [1.54, 1.807) is 41.5 Å². The lowest BCUT2D eigenvalue weighted by Crippen LogP contribution is -2.17. The van der Waals surface area contributed by atoms with Crippen LogP contribution in [0, 0.1) is 17.8 Å². The van der Waals surface area contributed by atoms with Crippen LogP contribution in [0.5, 0.6) is 0 Å².